The SMILES string of the molecule is O=C(Nc1cnc(-c2ccc(Cl)cc2)nc1)c1cc(F)ccc1Cl. The van der Waals surface area contributed by atoms with Crippen LogP contribution in [-0.4, -0.2) is 15.9 Å². The van der Waals surface area contributed by atoms with Crippen molar-refractivity contribution in [2.45, 2.75) is 0 Å². The molecule has 4 nitrogen and oxygen atoms in total. The number of amides is 1. The number of hydrogen-bond acceptors (Lipinski definition) is 3. The maximum absolute atomic E-state index is 13.2. The molecule has 7 heteroatoms. The van der Waals surface area contributed by atoms with Gasteiger partial charge in [-0.3, -0.25) is 4.79 Å². The first-order chi connectivity index (χ1) is 11.5. The lowest BCUT2D eigenvalue weighted by Gasteiger charge is -2.07. The number of nitrogens with zero attached hydrogens (tertiary/aromatic N) is 2. The van der Waals surface area contributed by atoms with Gasteiger partial charge in [-0.25, -0.2) is 14.4 Å². The Kier molecular flexibility index (Phi) is 4.74. The zero-order valence-electron chi connectivity index (χ0n) is 12.1. The lowest BCUT2D eigenvalue weighted by atomic mass is 10.2. The molecule has 0 bridgehead atoms. The van der Waals surface area contributed by atoms with Gasteiger partial charge in [0.05, 0.1) is 28.7 Å². The van der Waals surface area contributed by atoms with Gasteiger partial charge in [-0.2, -0.15) is 0 Å². The van der Waals surface area contributed by atoms with E-state index in [2.05, 4.69) is 15.3 Å². The Labute approximate surface area is 147 Å². The number of carbonyl (C=O) groups excluding carboxylic acids is 1. The molecule has 0 aliphatic rings. The van der Waals surface area contributed by atoms with Gasteiger partial charge < -0.3 is 5.32 Å². The highest BCUT2D eigenvalue weighted by molar-refractivity contribution is 6.34. The van der Waals surface area contributed by atoms with Crippen LogP contribution in [0.25, 0.3) is 11.4 Å². The van der Waals surface area contributed by atoms with Crippen LogP contribution in [0, 0.1) is 5.82 Å². The number of nitrogens with one attached hydrogen (secondary N) is 1. The van der Waals surface area contributed by atoms with E-state index >= 15 is 0 Å². The van der Waals surface area contributed by atoms with Gasteiger partial charge >= 0.3 is 0 Å². The number of rotatable bonds is 3. The van der Waals surface area contributed by atoms with Crippen molar-refractivity contribution in [1.82, 2.24) is 9.97 Å². The maximum atomic E-state index is 13.2. The summed E-state index contributed by atoms with van der Waals surface area (Å²) in [7, 11) is 0. The highest BCUT2D eigenvalue weighted by Gasteiger charge is 2.12. The second kappa shape index (κ2) is 6.95. The number of anilines is 1. The molecule has 3 rings (SSSR count). The Morgan fingerprint density at radius 3 is 2.33 bits per heavy atom. The second-order valence-corrected chi connectivity index (χ2v) is 5.72. The topological polar surface area (TPSA) is 54.9 Å². The van der Waals surface area contributed by atoms with Crippen molar-refractivity contribution in [2.24, 2.45) is 0 Å². The summed E-state index contributed by atoms with van der Waals surface area (Å²) >= 11 is 11.7. The van der Waals surface area contributed by atoms with E-state index in [9.17, 15) is 9.18 Å². The first kappa shape index (κ1) is 16.4. The van der Waals surface area contributed by atoms with Gasteiger partial charge in [0.1, 0.15) is 5.82 Å². The molecule has 1 aromatic heterocycles. The summed E-state index contributed by atoms with van der Waals surface area (Å²) in [4.78, 5) is 20.5. The number of halogens is 3. The maximum Gasteiger partial charge on any atom is 0.257 e. The Balaban J connectivity index is 1.77. The minimum atomic E-state index is -0.543. The van der Waals surface area contributed by atoms with E-state index in [0.717, 1.165) is 11.6 Å². The van der Waals surface area contributed by atoms with Crippen LogP contribution in [0.1, 0.15) is 10.4 Å². The smallest absolute Gasteiger partial charge is 0.257 e. The zero-order chi connectivity index (χ0) is 17.1. The largest absolute Gasteiger partial charge is 0.319 e. The summed E-state index contributed by atoms with van der Waals surface area (Å²) in [6.45, 7) is 0. The van der Waals surface area contributed by atoms with Crippen LogP contribution in [0.15, 0.2) is 54.9 Å². The van der Waals surface area contributed by atoms with E-state index in [1.54, 1.807) is 24.3 Å². The standard InChI is InChI=1S/C17H10Cl2FN3O/c18-11-3-1-10(2-4-11)16-21-8-13(9-22-16)23-17(24)14-7-12(20)5-6-15(14)19/h1-9H,(H,23,24). The predicted molar refractivity (Wildman–Crippen MR) is 91.8 cm³/mol. The van der Waals surface area contributed by atoms with E-state index in [1.807, 2.05) is 0 Å². The van der Waals surface area contributed by atoms with Gasteiger partial charge in [0.15, 0.2) is 5.82 Å². The number of carbonyl (C=O) groups is 1. The first-order valence-electron chi connectivity index (χ1n) is 6.87. The summed E-state index contributed by atoms with van der Waals surface area (Å²) in [5, 5.41) is 3.36. The summed E-state index contributed by atoms with van der Waals surface area (Å²) in [6, 6.07) is 10.6. The molecule has 0 spiro atoms. The lowest BCUT2D eigenvalue weighted by Crippen LogP contribution is -2.13. The molecule has 0 radical (unpaired) electrons. The van der Waals surface area contributed by atoms with Gasteiger partial charge in [0.25, 0.3) is 5.91 Å². The molecular weight excluding hydrogens is 352 g/mol. The lowest BCUT2D eigenvalue weighted by molar-refractivity contribution is 0.102. The van der Waals surface area contributed by atoms with Crippen LogP contribution in [-0.2, 0) is 0 Å². The fourth-order valence-corrected chi connectivity index (χ4v) is 2.34. The Bertz CT molecular complexity index is 883. The summed E-state index contributed by atoms with van der Waals surface area (Å²) in [6.07, 6.45) is 2.92. The molecule has 0 fully saturated rings. The van der Waals surface area contributed by atoms with Crippen molar-refractivity contribution >= 4 is 34.8 Å². The molecule has 1 amide bonds. The Morgan fingerprint density at radius 1 is 1.00 bits per heavy atom. The monoisotopic (exact) mass is 361 g/mol. The molecule has 0 saturated carbocycles. The van der Waals surface area contributed by atoms with Crippen LogP contribution in [0.2, 0.25) is 10.0 Å². The molecule has 0 unspecified atom stereocenters. The van der Waals surface area contributed by atoms with Gasteiger partial charge in [0.2, 0.25) is 0 Å². The van der Waals surface area contributed by atoms with Crippen LogP contribution < -0.4 is 5.32 Å². The third-order valence-electron chi connectivity index (χ3n) is 3.19. The highest BCUT2D eigenvalue weighted by Crippen LogP contribution is 2.20. The molecule has 1 heterocycles. The van der Waals surface area contributed by atoms with Crippen LogP contribution in [0.4, 0.5) is 10.1 Å². The average Bonchev–Trinajstić information content (AvgIpc) is 2.58. The van der Waals surface area contributed by atoms with Crippen molar-refractivity contribution in [2.75, 3.05) is 5.32 Å². The van der Waals surface area contributed by atoms with Gasteiger partial charge in [-0.15, -0.1) is 0 Å². The molecular formula is C17H10Cl2FN3O. The van der Waals surface area contributed by atoms with Gasteiger partial charge in [-0.1, -0.05) is 23.2 Å². The van der Waals surface area contributed by atoms with Crippen molar-refractivity contribution in [3.8, 4) is 11.4 Å². The fraction of sp³-hybridized carbons (Fsp3) is 0. The highest BCUT2D eigenvalue weighted by atomic mass is 35.5. The van der Waals surface area contributed by atoms with Crippen molar-refractivity contribution in [3.05, 3.63) is 76.3 Å². The average molecular weight is 362 g/mol. The van der Waals surface area contributed by atoms with Crippen molar-refractivity contribution < 1.29 is 9.18 Å². The molecule has 120 valence electrons. The summed E-state index contributed by atoms with van der Waals surface area (Å²) in [5.74, 6) is -0.588. The third kappa shape index (κ3) is 3.69. The number of aromatic nitrogens is 2. The third-order valence-corrected chi connectivity index (χ3v) is 3.77. The molecule has 0 atom stereocenters. The molecule has 1 N–H and O–H groups in total. The number of benzene rings is 2. The Morgan fingerprint density at radius 2 is 1.67 bits per heavy atom. The minimum absolute atomic E-state index is 0.0402. The number of hydrogen-bond donors (Lipinski definition) is 1. The molecule has 3 aromatic rings. The van der Waals surface area contributed by atoms with Crippen molar-refractivity contribution in [1.29, 1.82) is 0 Å². The first-order valence-corrected chi connectivity index (χ1v) is 7.63. The molecule has 0 aliphatic carbocycles. The quantitative estimate of drug-likeness (QED) is 0.725. The molecule has 2 aromatic carbocycles. The molecule has 0 aliphatic heterocycles. The molecule has 24 heavy (non-hydrogen) atoms. The predicted octanol–water partition coefficient (Wildman–Crippen LogP) is 4.84. The second-order valence-electron chi connectivity index (χ2n) is 4.88. The summed E-state index contributed by atoms with van der Waals surface area (Å²) < 4.78 is 13.2. The van der Waals surface area contributed by atoms with E-state index < -0.39 is 11.7 Å². The van der Waals surface area contributed by atoms with E-state index in [4.69, 9.17) is 23.2 Å². The minimum Gasteiger partial charge on any atom is -0.319 e. The molecule has 0 saturated heterocycles. The summed E-state index contributed by atoms with van der Waals surface area (Å²) in [5.41, 5.74) is 1.21. The van der Waals surface area contributed by atoms with Crippen molar-refractivity contribution in [3.63, 3.8) is 0 Å². The van der Waals surface area contributed by atoms with E-state index in [0.29, 0.717) is 16.5 Å². The van der Waals surface area contributed by atoms with Gasteiger partial charge in [-0.05, 0) is 42.5 Å². The fourth-order valence-electron chi connectivity index (χ4n) is 2.01. The zero-order valence-corrected chi connectivity index (χ0v) is 13.6. The van der Waals surface area contributed by atoms with Crippen LogP contribution in [0.5, 0.6) is 0 Å². The van der Waals surface area contributed by atoms with Gasteiger partial charge in [0, 0.05) is 10.6 Å². The van der Waals surface area contributed by atoms with E-state index in [-0.39, 0.29) is 10.6 Å². The normalized spacial score (nSPS) is 10.5. The Hall–Kier alpha value is -2.50. The van der Waals surface area contributed by atoms with Crippen LogP contribution in [0.3, 0.4) is 0 Å². The van der Waals surface area contributed by atoms with E-state index in [1.165, 1.54) is 24.5 Å². The van der Waals surface area contributed by atoms with Crippen LogP contribution >= 0.6 is 23.2 Å².